The van der Waals surface area contributed by atoms with E-state index in [4.69, 9.17) is 10.5 Å². The van der Waals surface area contributed by atoms with E-state index in [-0.39, 0.29) is 23.9 Å². The van der Waals surface area contributed by atoms with Crippen LogP contribution in [0.3, 0.4) is 0 Å². The van der Waals surface area contributed by atoms with Crippen molar-refractivity contribution in [1.82, 2.24) is 0 Å². The first-order valence-electron chi connectivity index (χ1n) is 9.34. The van der Waals surface area contributed by atoms with Crippen molar-refractivity contribution in [2.75, 3.05) is 5.73 Å². The van der Waals surface area contributed by atoms with Crippen LogP contribution in [0.25, 0.3) is 12.2 Å². The van der Waals surface area contributed by atoms with Gasteiger partial charge in [0.15, 0.2) is 0 Å². The van der Waals surface area contributed by atoms with Crippen molar-refractivity contribution in [1.29, 1.82) is 0 Å². The SMILES string of the molecule is Nc1ccc(CCCC(=O)Oc2cc(O)cc(/C=C/c3ccc(O)cc3)c2)cc1. The first kappa shape index (κ1) is 20.0. The molecule has 0 aliphatic heterocycles. The third-order valence-corrected chi connectivity index (χ3v) is 4.33. The summed E-state index contributed by atoms with van der Waals surface area (Å²) in [5.74, 6) is 0.167. The Balaban J connectivity index is 1.56. The van der Waals surface area contributed by atoms with E-state index < -0.39 is 0 Å². The Bertz CT molecular complexity index is 992. The highest BCUT2D eigenvalue weighted by molar-refractivity contribution is 5.74. The van der Waals surface area contributed by atoms with Crippen molar-refractivity contribution < 1.29 is 19.7 Å². The fraction of sp³-hybridized carbons (Fsp3) is 0.125. The highest BCUT2D eigenvalue weighted by atomic mass is 16.5. The lowest BCUT2D eigenvalue weighted by Gasteiger charge is -2.07. The van der Waals surface area contributed by atoms with Crippen LogP contribution in [0.1, 0.15) is 29.5 Å². The first-order valence-corrected chi connectivity index (χ1v) is 9.34. The van der Waals surface area contributed by atoms with Crippen molar-refractivity contribution >= 4 is 23.8 Å². The summed E-state index contributed by atoms with van der Waals surface area (Å²) in [7, 11) is 0. The molecule has 0 bridgehead atoms. The monoisotopic (exact) mass is 389 g/mol. The second-order valence-corrected chi connectivity index (χ2v) is 6.75. The van der Waals surface area contributed by atoms with Gasteiger partial charge in [0.05, 0.1) is 0 Å². The summed E-state index contributed by atoms with van der Waals surface area (Å²) in [5.41, 5.74) is 9.09. The maximum atomic E-state index is 12.1. The number of esters is 1. The number of nitrogen functional groups attached to an aromatic ring is 1. The topological polar surface area (TPSA) is 92.8 Å². The number of rotatable bonds is 7. The minimum atomic E-state index is -0.348. The minimum Gasteiger partial charge on any atom is -0.508 e. The van der Waals surface area contributed by atoms with Gasteiger partial charge >= 0.3 is 5.97 Å². The lowest BCUT2D eigenvalue weighted by Crippen LogP contribution is -2.08. The number of benzene rings is 3. The van der Waals surface area contributed by atoms with Gasteiger partial charge < -0.3 is 20.7 Å². The highest BCUT2D eigenvalue weighted by Crippen LogP contribution is 2.24. The Hall–Kier alpha value is -3.73. The predicted octanol–water partition coefficient (Wildman–Crippen LogP) is 4.78. The second kappa shape index (κ2) is 9.46. The van der Waals surface area contributed by atoms with Crippen LogP contribution in [0.4, 0.5) is 5.69 Å². The van der Waals surface area contributed by atoms with Crippen molar-refractivity contribution in [3.8, 4) is 17.2 Å². The number of aryl methyl sites for hydroxylation is 1. The molecule has 0 fully saturated rings. The van der Waals surface area contributed by atoms with E-state index in [9.17, 15) is 15.0 Å². The smallest absolute Gasteiger partial charge is 0.311 e. The zero-order valence-corrected chi connectivity index (χ0v) is 15.9. The molecular formula is C24H23NO4. The molecule has 0 unspecified atom stereocenters. The Morgan fingerprint density at radius 1 is 0.862 bits per heavy atom. The molecule has 0 aliphatic carbocycles. The van der Waals surface area contributed by atoms with E-state index in [0.717, 1.165) is 17.5 Å². The largest absolute Gasteiger partial charge is 0.508 e. The van der Waals surface area contributed by atoms with Crippen molar-refractivity contribution in [2.45, 2.75) is 19.3 Å². The molecule has 0 spiro atoms. The van der Waals surface area contributed by atoms with Crippen LogP contribution in [0.15, 0.2) is 66.7 Å². The number of carbonyl (C=O) groups excluding carboxylic acids is 1. The van der Waals surface area contributed by atoms with Crippen LogP contribution in [0.5, 0.6) is 17.2 Å². The molecule has 3 aromatic rings. The maximum absolute atomic E-state index is 12.1. The Morgan fingerprint density at radius 2 is 1.55 bits per heavy atom. The number of ether oxygens (including phenoxy) is 1. The van der Waals surface area contributed by atoms with Gasteiger partial charge in [-0.2, -0.15) is 0 Å². The molecule has 0 radical (unpaired) electrons. The summed E-state index contributed by atoms with van der Waals surface area (Å²) in [6.07, 6.45) is 5.33. The zero-order valence-electron chi connectivity index (χ0n) is 15.9. The molecule has 0 aromatic heterocycles. The van der Waals surface area contributed by atoms with Gasteiger partial charge in [0.25, 0.3) is 0 Å². The summed E-state index contributed by atoms with van der Waals surface area (Å²) < 4.78 is 5.37. The molecule has 3 aromatic carbocycles. The van der Waals surface area contributed by atoms with Crippen molar-refractivity contribution in [3.63, 3.8) is 0 Å². The molecule has 5 nitrogen and oxygen atoms in total. The van der Waals surface area contributed by atoms with Gasteiger partial charge in [-0.3, -0.25) is 4.79 Å². The molecule has 0 amide bonds. The third-order valence-electron chi connectivity index (χ3n) is 4.33. The molecule has 0 saturated carbocycles. The number of anilines is 1. The fourth-order valence-electron chi connectivity index (χ4n) is 2.84. The summed E-state index contributed by atoms with van der Waals surface area (Å²) in [4.78, 5) is 12.1. The average molecular weight is 389 g/mol. The molecule has 0 aliphatic rings. The number of hydrogen-bond donors (Lipinski definition) is 3. The molecule has 0 atom stereocenters. The Morgan fingerprint density at radius 3 is 2.28 bits per heavy atom. The summed E-state index contributed by atoms with van der Waals surface area (Å²) >= 11 is 0. The number of nitrogens with two attached hydrogens (primary N) is 1. The van der Waals surface area contributed by atoms with Crippen LogP contribution in [0.2, 0.25) is 0 Å². The Labute approximate surface area is 169 Å². The molecule has 4 N–H and O–H groups in total. The van der Waals surface area contributed by atoms with E-state index in [2.05, 4.69) is 0 Å². The summed E-state index contributed by atoms with van der Waals surface area (Å²) in [6.45, 7) is 0. The number of phenols is 2. The number of hydrogen-bond acceptors (Lipinski definition) is 5. The maximum Gasteiger partial charge on any atom is 0.311 e. The van der Waals surface area contributed by atoms with Crippen molar-refractivity contribution in [2.24, 2.45) is 0 Å². The Kier molecular flexibility index (Phi) is 6.53. The molecule has 5 heteroatoms. The van der Waals surface area contributed by atoms with Crippen LogP contribution in [0, 0.1) is 0 Å². The van der Waals surface area contributed by atoms with E-state index in [1.807, 2.05) is 30.3 Å². The van der Waals surface area contributed by atoms with E-state index >= 15 is 0 Å². The highest BCUT2D eigenvalue weighted by Gasteiger charge is 2.07. The van der Waals surface area contributed by atoms with Crippen molar-refractivity contribution in [3.05, 3.63) is 83.4 Å². The molecule has 0 heterocycles. The lowest BCUT2D eigenvalue weighted by molar-refractivity contribution is -0.134. The van der Waals surface area contributed by atoms with Gasteiger partial charge in [0.1, 0.15) is 17.2 Å². The summed E-state index contributed by atoms with van der Waals surface area (Å²) in [6, 6.07) is 19.0. The average Bonchev–Trinajstić information content (AvgIpc) is 2.69. The number of phenolic OH excluding ortho intramolecular Hbond substituents is 2. The second-order valence-electron chi connectivity index (χ2n) is 6.75. The minimum absolute atomic E-state index is 0.0162. The zero-order chi connectivity index (χ0) is 20.6. The van der Waals surface area contributed by atoms with Gasteiger partial charge in [-0.25, -0.2) is 0 Å². The van der Waals surface area contributed by atoms with E-state index in [1.54, 1.807) is 42.5 Å². The molecule has 29 heavy (non-hydrogen) atoms. The van der Waals surface area contributed by atoms with Crippen LogP contribution < -0.4 is 10.5 Å². The van der Waals surface area contributed by atoms with Gasteiger partial charge in [-0.1, -0.05) is 36.4 Å². The first-order chi connectivity index (χ1) is 14.0. The normalized spacial score (nSPS) is 10.9. The molecule has 148 valence electrons. The van der Waals surface area contributed by atoms with Crippen LogP contribution in [-0.4, -0.2) is 16.2 Å². The van der Waals surface area contributed by atoms with Crippen LogP contribution in [-0.2, 0) is 11.2 Å². The van der Waals surface area contributed by atoms with Gasteiger partial charge in [-0.05, 0) is 65.9 Å². The molecule has 3 rings (SSSR count). The standard InChI is InChI=1S/C24H23NO4/c25-20-10-6-17(7-11-20)2-1-3-24(28)29-23-15-19(14-22(27)16-23)5-4-18-8-12-21(26)13-9-18/h4-16,26-27H,1-3,25H2/b5-4+. The van der Waals surface area contributed by atoms with Gasteiger partial charge in [-0.15, -0.1) is 0 Å². The number of carbonyl (C=O) groups is 1. The molecule has 0 saturated heterocycles. The number of aromatic hydroxyl groups is 2. The lowest BCUT2D eigenvalue weighted by atomic mass is 10.1. The fourth-order valence-corrected chi connectivity index (χ4v) is 2.84. The van der Waals surface area contributed by atoms with Gasteiger partial charge in [0.2, 0.25) is 0 Å². The molecular weight excluding hydrogens is 366 g/mol. The summed E-state index contributed by atoms with van der Waals surface area (Å²) in [5, 5.41) is 19.2. The van der Waals surface area contributed by atoms with Crippen LogP contribution >= 0.6 is 0 Å². The third kappa shape index (κ3) is 6.43. The van der Waals surface area contributed by atoms with Gasteiger partial charge in [0, 0.05) is 18.2 Å². The van der Waals surface area contributed by atoms with E-state index in [0.29, 0.717) is 23.4 Å². The predicted molar refractivity (Wildman–Crippen MR) is 115 cm³/mol. The quantitative estimate of drug-likeness (QED) is 0.234. The van der Waals surface area contributed by atoms with E-state index in [1.165, 1.54) is 6.07 Å².